The van der Waals surface area contributed by atoms with Gasteiger partial charge in [-0.2, -0.15) is 4.73 Å². The number of nitrogens with zero attached hydrogens (tertiary/aromatic N) is 1. The first-order chi connectivity index (χ1) is 9.34. The van der Waals surface area contributed by atoms with Crippen LogP contribution in [0.4, 0.5) is 0 Å². The van der Waals surface area contributed by atoms with E-state index in [1.807, 2.05) is 72.8 Å². The maximum atomic E-state index is 12.1. The van der Waals surface area contributed by atoms with E-state index < -0.39 is 0 Å². The van der Waals surface area contributed by atoms with Gasteiger partial charge in [-0.15, -0.1) is 0 Å². The Morgan fingerprint density at radius 2 is 1.16 bits per heavy atom. The van der Waals surface area contributed by atoms with E-state index in [-0.39, 0.29) is 0 Å². The van der Waals surface area contributed by atoms with Crippen LogP contribution in [0.2, 0.25) is 0 Å². The predicted octanol–water partition coefficient (Wildman–Crippen LogP) is 3.65. The number of hydrogen-bond donors (Lipinski definition) is 0. The highest BCUT2D eigenvalue weighted by molar-refractivity contribution is 5.64. The van der Waals surface area contributed by atoms with Crippen LogP contribution in [0, 0.1) is 5.21 Å². The third kappa shape index (κ3) is 2.33. The van der Waals surface area contributed by atoms with Gasteiger partial charge in [0.2, 0.25) is 5.69 Å². The van der Waals surface area contributed by atoms with Gasteiger partial charge in [0.25, 0.3) is 0 Å². The van der Waals surface area contributed by atoms with Crippen molar-refractivity contribution in [1.29, 1.82) is 0 Å². The quantitative estimate of drug-likeness (QED) is 0.501. The molecule has 1 heterocycles. The van der Waals surface area contributed by atoms with E-state index in [1.165, 1.54) is 0 Å². The Morgan fingerprint density at radius 3 is 1.74 bits per heavy atom. The van der Waals surface area contributed by atoms with Crippen molar-refractivity contribution in [2.45, 2.75) is 0 Å². The molecule has 0 radical (unpaired) electrons. The molecule has 0 bridgehead atoms. The maximum absolute atomic E-state index is 12.1. The molecule has 3 aromatic rings. The van der Waals surface area contributed by atoms with Gasteiger partial charge >= 0.3 is 0 Å². The maximum Gasteiger partial charge on any atom is 0.223 e. The molecule has 0 spiro atoms. The Kier molecular flexibility index (Phi) is 2.99. The van der Waals surface area contributed by atoms with Crippen molar-refractivity contribution in [2.24, 2.45) is 0 Å². The highest BCUT2D eigenvalue weighted by Gasteiger charge is 2.09. The second-order valence-electron chi connectivity index (χ2n) is 4.36. The molecule has 0 saturated carbocycles. The molecular weight excluding hydrogens is 234 g/mol. The molecule has 2 nitrogen and oxygen atoms in total. The Hall–Kier alpha value is -2.61. The summed E-state index contributed by atoms with van der Waals surface area (Å²) in [5.41, 5.74) is 3.57. The minimum atomic E-state index is 0.667. The van der Waals surface area contributed by atoms with Crippen LogP contribution in [0.25, 0.3) is 22.4 Å². The highest BCUT2D eigenvalue weighted by atomic mass is 16.5. The van der Waals surface area contributed by atoms with E-state index in [2.05, 4.69) is 0 Å². The first-order valence-corrected chi connectivity index (χ1v) is 6.19. The summed E-state index contributed by atoms with van der Waals surface area (Å²) >= 11 is 0. The fourth-order valence-corrected chi connectivity index (χ4v) is 2.11. The molecule has 92 valence electrons. The molecule has 19 heavy (non-hydrogen) atoms. The molecule has 0 aliphatic heterocycles. The highest BCUT2D eigenvalue weighted by Crippen LogP contribution is 2.20. The molecule has 2 aromatic carbocycles. The molecule has 2 heteroatoms. The fraction of sp³-hybridized carbons (Fsp3) is 0. The zero-order chi connectivity index (χ0) is 13.1. The third-order valence-corrected chi connectivity index (χ3v) is 3.09. The van der Waals surface area contributed by atoms with Crippen LogP contribution >= 0.6 is 0 Å². The van der Waals surface area contributed by atoms with Gasteiger partial charge in [0, 0.05) is 17.2 Å². The molecule has 0 amide bonds. The smallest absolute Gasteiger partial charge is 0.223 e. The largest absolute Gasteiger partial charge is 0.618 e. The molecule has 0 atom stereocenters. The second kappa shape index (κ2) is 4.94. The molecule has 0 saturated heterocycles. The van der Waals surface area contributed by atoms with Crippen molar-refractivity contribution < 1.29 is 4.73 Å². The number of rotatable bonds is 2. The molecule has 0 unspecified atom stereocenters. The van der Waals surface area contributed by atoms with Crippen LogP contribution in [-0.2, 0) is 0 Å². The molecule has 0 fully saturated rings. The third-order valence-electron chi connectivity index (χ3n) is 3.09. The molecule has 3 rings (SSSR count). The van der Waals surface area contributed by atoms with Crippen LogP contribution in [-0.4, -0.2) is 0 Å². The van der Waals surface area contributed by atoms with Crippen molar-refractivity contribution in [3.63, 3.8) is 0 Å². The fourth-order valence-electron chi connectivity index (χ4n) is 2.11. The first-order valence-electron chi connectivity index (χ1n) is 6.19. The molecule has 1 aromatic heterocycles. The molecular formula is C17H13NO. The molecule has 0 aliphatic rings. The van der Waals surface area contributed by atoms with E-state index in [0.29, 0.717) is 5.69 Å². The summed E-state index contributed by atoms with van der Waals surface area (Å²) in [6.07, 6.45) is 1.62. The van der Waals surface area contributed by atoms with Gasteiger partial charge < -0.3 is 5.21 Å². The summed E-state index contributed by atoms with van der Waals surface area (Å²) in [7, 11) is 0. The zero-order valence-electron chi connectivity index (χ0n) is 10.4. The van der Waals surface area contributed by atoms with Crippen molar-refractivity contribution in [3.05, 3.63) is 84.2 Å². The van der Waals surface area contributed by atoms with E-state index in [9.17, 15) is 5.21 Å². The van der Waals surface area contributed by atoms with Gasteiger partial charge in [-0.05, 0) is 23.8 Å². The Bertz CT molecular complexity index is 678. The van der Waals surface area contributed by atoms with Crippen LogP contribution in [0.1, 0.15) is 0 Å². The minimum Gasteiger partial charge on any atom is -0.618 e. The minimum absolute atomic E-state index is 0.667. The van der Waals surface area contributed by atoms with Crippen LogP contribution in [0.15, 0.2) is 79.0 Å². The van der Waals surface area contributed by atoms with Crippen LogP contribution < -0.4 is 4.73 Å². The predicted molar refractivity (Wildman–Crippen MR) is 76.3 cm³/mol. The summed E-state index contributed by atoms with van der Waals surface area (Å²) in [6.45, 7) is 0. The van der Waals surface area contributed by atoms with Crippen LogP contribution in [0.5, 0.6) is 0 Å². The normalized spacial score (nSPS) is 10.3. The van der Waals surface area contributed by atoms with Crippen LogP contribution in [0.3, 0.4) is 0 Å². The first kappa shape index (κ1) is 11.5. The summed E-state index contributed by atoms with van der Waals surface area (Å²) in [6, 6.07) is 23.4. The molecule has 0 aliphatic carbocycles. The zero-order valence-corrected chi connectivity index (χ0v) is 10.4. The summed E-state index contributed by atoms with van der Waals surface area (Å²) in [4.78, 5) is 0. The summed E-state index contributed by atoms with van der Waals surface area (Å²) < 4.78 is 0.928. The lowest BCUT2D eigenvalue weighted by atomic mass is 10.1. The van der Waals surface area contributed by atoms with E-state index in [1.54, 1.807) is 6.20 Å². The van der Waals surface area contributed by atoms with Crippen molar-refractivity contribution in [2.75, 3.05) is 0 Å². The van der Waals surface area contributed by atoms with Crippen molar-refractivity contribution in [3.8, 4) is 22.4 Å². The monoisotopic (exact) mass is 247 g/mol. The number of aromatic nitrogens is 1. The number of benzene rings is 2. The average Bonchev–Trinajstić information content (AvgIpc) is 2.49. The number of pyridine rings is 1. The Labute approximate surface area is 112 Å². The van der Waals surface area contributed by atoms with Gasteiger partial charge in [-0.1, -0.05) is 48.5 Å². The van der Waals surface area contributed by atoms with E-state index in [0.717, 1.165) is 21.4 Å². The Morgan fingerprint density at radius 1 is 0.579 bits per heavy atom. The second-order valence-corrected chi connectivity index (χ2v) is 4.36. The van der Waals surface area contributed by atoms with Crippen molar-refractivity contribution >= 4 is 0 Å². The van der Waals surface area contributed by atoms with E-state index >= 15 is 0 Å². The van der Waals surface area contributed by atoms with E-state index in [4.69, 9.17) is 0 Å². The standard InChI is InChI=1S/C17H13NO/c19-18-13-16(14-7-3-1-4-8-14)11-12-17(18)15-9-5-2-6-10-15/h1-13H. The Balaban J connectivity index is 2.04. The summed E-state index contributed by atoms with van der Waals surface area (Å²) in [5.74, 6) is 0. The van der Waals surface area contributed by atoms with Gasteiger partial charge in [0.1, 0.15) is 0 Å². The SMILES string of the molecule is [O-][n+]1cc(-c2ccccc2)ccc1-c1ccccc1. The van der Waals surface area contributed by atoms with Gasteiger partial charge in [0.15, 0.2) is 6.20 Å². The topological polar surface area (TPSA) is 26.9 Å². The average molecular weight is 247 g/mol. The van der Waals surface area contributed by atoms with Gasteiger partial charge in [0.05, 0.1) is 0 Å². The molecule has 0 N–H and O–H groups in total. The lowest BCUT2D eigenvalue weighted by molar-refractivity contribution is -0.593. The lowest BCUT2D eigenvalue weighted by Crippen LogP contribution is -2.28. The van der Waals surface area contributed by atoms with Gasteiger partial charge in [-0.25, -0.2) is 0 Å². The lowest BCUT2D eigenvalue weighted by Gasteiger charge is -2.07. The van der Waals surface area contributed by atoms with Gasteiger partial charge in [-0.3, -0.25) is 0 Å². The summed E-state index contributed by atoms with van der Waals surface area (Å²) in [5, 5.41) is 12.1. The van der Waals surface area contributed by atoms with Crippen molar-refractivity contribution in [1.82, 2.24) is 0 Å². The number of hydrogen-bond acceptors (Lipinski definition) is 1.